The molecule has 11 heteroatoms. The molecule has 0 aliphatic carbocycles. The number of carbonyl (C=O) groups excluding carboxylic acids is 1. The maximum Gasteiger partial charge on any atom is 0.417 e. The van der Waals surface area contributed by atoms with E-state index < -0.39 is 17.6 Å². The van der Waals surface area contributed by atoms with Gasteiger partial charge in [-0.05, 0) is 13.0 Å². The molecule has 0 saturated heterocycles. The lowest BCUT2D eigenvalue weighted by Gasteiger charge is -2.09. The van der Waals surface area contributed by atoms with Gasteiger partial charge in [0.25, 0.3) is 0 Å². The molecule has 5 nitrogen and oxygen atoms in total. The number of carbonyl (C=O) groups is 1. The number of anilines is 1. The number of nitrogens with zero attached hydrogens (tertiary/aromatic N) is 3. The zero-order valence-electron chi connectivity index (χ0n) is 10.9. The molecule has 0 aliphatic heterocycles. The fourth-order valence-electron chi connectivity index (χ4n) is 1.32. The van der Waals surface area contributed by atoms with Crippen molar-refractivity contribution in [1.29, 1.82) is 0 Å². The van der Waals surface area contributed by atoms with Crippen molar-refractivity contribution in [2.75, 3.05) is 11.1 Å². The number of rotatable bonds is 4. The molecule has 0 radical (unpaired) electrons. The Labute approximate surface area is 136 Å². The van der Waals surface area contributed by atoms with Gasteiger partial charge in [-0.15, -0.1) is 10.2 Å². The second-order valence-electron chi connectivity index (χ2n) is 3.98. The number of pyridine rings is 1. The maximum atomic E-state index is 12.5. The molecule has 118 valence electrons. The van der Waals surface area contributed by atoms with E-state index in [1.807, 2.05) is 0 Å². The zero-order chi connectivity index (χ0) is 16.3. The number of thioether (sulfide) groups is 1. The molecule has 2 aromatic rings. The van der Waals surface area contributed by atoms with E-state index in [1.54, 1.807) is 6.92 Å². The standard InChI is InChI=1S/C11H8ClF3N4OS2/c1-5-18-19-10(22-5)21-4-8(20)17-9-7(12)2-6(3-16-9)11(13,14)15/h2-3H,4H2,1H3,(H,16,17,20). The molecule has 0 saturated carbocycles. The fraction of sp³-hybridized carbons (Fsp3) is 0.273. The number of alkyl halides is 3. The number of halogens is 4. The van der Waals surface area contributed by atoms with Crippen molar-refractivity contribution in [3.05, 3.63) is 27.9 Å². The first-order valence-electron chi connectivity index (χ1n) is 5.71. The Morgan fingerprint density at radius 3 is 2.73 bits per heavy atom. The predicted octanol–water partition coefficient (Wildman–Crippen LogP) is 3.64. The molecule has 2 aromatic heterocycles. The van der Waals surface area contributed by atoms with Gasteiger partial charge in [0, 0.05) is 6.20 Å². The number of nitrogens with one attached hydrogen (secondary N) is 1. The van der Waals surface area contributed by atoms with Crippen LogP contribution in [0.4, 0.5) is 19.0 Å². The van der Waals surface area contributed by atoms with E-state index in [0.717, 1.165) is 16.8 Å². The molecule has 0 aromatic carbocycles. The van der Waals surface area contributed by atoms with Gasteiger partial charge in [-0.1, -0.05) is 34.7 Å². The van der Waals surface area contributed by atoms with Gasteiger partial charge < -0.3 is 5.32 Å². The highest BCUT2D eigenvalue weighted by atomic mass is 35.5. The number of hydrogen-bond donors (Lipinski definition) is 1. The van der Waals surface area contributed by atoms with Gasteiger partial charge in [0.1, 0.15) is 5.01 Å². The summed E-state index contributed by atoms with van der Waals surface area (Å²) in [5, 5.41) is 10.5. The summed E-state index contributed by atoms with van der Waals surface area (Å²) in [6, 6.07) is 0.714. The summed E-state index contributed by atoms with van der Waals surface area (Å²) in [4.78, 5) is 15.3. The highest BCUT2D eigenvalue weighted by Crippen LogP contribution is 2.32. The Morgan fingerprint density at radius 1 is 1.45 bits per heavy atom. The van der Waals surface area contributed by atoms with Crippen molar-refractivity contribution >= 4 is 46.4 Å². The minimum absolute atomic E-state index is 0.0215. The van der Waals surface area contributed by atoms with Crippen molar-refractivity contribution < 1.29 is 18.0 Å². The van der Waals surface area contributed by atoms with Crippen LogP contribution in [0.15, 0.2) is 16.6 Å². The fourth-order valence-corrected chi connectivity index (χ4v) is 3.15. The number of amides is 1. The summed E-state index contributed by atoms with van der Waals surface area (Å²) in [5.74, 6) is -0.547. The maximum absolute atomic E-state index is 12.5. The number of aromatic nitrogens is 3. The molecule has 1 amide bonds. The van der Waals surface area contributed by atoms with Crippen LogP contribution in [0.2, 0.25) is 5.02 Å². The van der Waals surface area contributed by atoms with Crippen LogP contribution in [0.1, 0.15) is 10.6 Å². The van der Waals surface area contributed by atoms with Gasteiger partial charge in [0.05, 0.1) is 16.3 Å². The van der Waals surface area contributed by atoms with Gasteiger partial charge in [-0.25, -0.2) is 4.98 Å². The van der Waals surface area contributed by atoms with Crippen LogP contribution in [0.3, 0.4) is 0 Å². The Hall–Kier alpha value is -1.39. The zero-order valence-corrected chi connectivity index (χ0v) is 13.3. The van der Waals surface area contributed by atoms with E-state index in [0.29, 0.717) is 16.6 Å². The van der Waals surface area contributed by atoms with E-state index in [4.69, 9.17) is 11.6 Å². The smallest absolute Gasteiger partial charge is 0.309 e. The van der Waals surface area contributed by atoms with E-state index >= 15 is 0 Å². The minimum atomic E-state index is -4.54. The van der Waals surface area contributed by atoms with Crippen molar-refractivity contribution in [3.8, 4) is 0 Å². The van der Waals surface area contributed by atoms with Crippen LogP contribution in [-0.4, -0.2) is 26.8 Å². The van der Waals surface area contributed by atoms with Crippen molar-refractivity contribution in [1.82, 2.24) is 15.2 Å². The lowest BCUT2D eigenvalue weighted by molar-refractivity contribution is -0.137. The quantitative estimate of drug-likeness (QED) is 0.834. The average Bonchev–Trinajstić information content (AvgIpc) is 2.83. The molecule has 0 aliphatic rings. The summed E-state index contributed by atoms with van der Waals surface area (Å²) < 4.78 is 38.0. The molecular formula is C11H8ClF3N4OS2. The highest BCUT2D eigenvalue weighted by molar-refractivity contribution is 8.01. The molecule has 0 spiro atoms. The SMILES string of the molecule is Cc1nnc(SCC(=O)Nc2ncc(C(F)(F)F)cc2Cl)s1. The van der Waals surface area contributed by atoms with Gasteiger partial charge in [0.2, 0.25) is 5.91 Å². The van der Waals surface area contributed by atoms with Crippen molar-refractivity contribution in [2.24, 2.45) is 0 Å². The van der Waals surface area contributed by atoms with Crippen LogP contribution in [-0.2, 0) is 11.0 Å². The molecule has 0 unspecified atom stereocenters. The largest absolute Gasteiger partial charge is 0.417 e. The van der Waals surface area contributed by atoms with E-state index in [9.17, 15) is 18.0 Å². The van der Waals surface area contributed by atoms with E-state index in [-0.39, 0.29) is 16.6 Å². The van der Waals surface area contributed by atoms with Gasteiger partial charge in [-0.2, -0.15) is 13.2 Å². The van der Waals surface area contributed by atoms with Gasteiger partial charge in [-0.3, -0.25) is 4.79 Å². The summed E-state index contributed by atoms with van der Waals surface area (Å²) in [6.45, 7) is 1.79. The lowest BCUT2D eigenvalue weighted by Crippen LogP contribution is -2.16. The van der Waals surface area contributed by atoms with E-state index in [2.05, 4.69) is 20.5 Å². The summed E-state index contributed by atoms with van der Waals surface area (Å²) in [7, 11) is 0. The molecule has 22 heavy (non-hydrogen) atoms. The third kappa shape index (κ3) is 4.55. The second kappa shape index (κ2) is 6.80. The Bertz CT molecular complexity index is 692. The predicted molar refractivity (Wildman–Crippen MR) is 78.2 cm³/mol. The normalized spacial score (nSPS) is 11.5. The number of aryl methyl sites for hydroxylation is 1. The average molecular weight is 369 g/mol. The molecule has 2 heterocycles. The first-order chi connectivity index (χ1) is 10.3. The first kappa shape index (κ1) is 17.0. The van der Waals surface area contributed by atoms with Crippen LogP contribution in [0.5, 0.6) is 0 Å². The first-order valence-corrected chi connectivity index (χ1v) is 7.89. The third-order valence-corrected chi connectivity index (χ3v) is 4.52. The molecule has 0 fully saturated rings. The van der Waals surface area contributed by atoms with Crippen LogP contribution in [0.25, 0.3) is 0 Å². The Morgan fingerprint density at radius 2 is 2.18 bits per heavy atom. The topological polar surface area (TPSA) is 67.8 Å². The minimum Gasteiger partial charge on any atom is -0.309 e. The second-order valence-corrected chi connectivity index (χ2v) is 6.79. The molecule has 2 rings (SSSR count). The van der Waals surface area contributed by atoms with Crippen LogP contribution < -0.4 is 5.32 Å². The third-order valence-electron chi connectivity index (χ3n) is 2.26. The van der Waals surface area contributed by atoms with Gasteiger partial charge in [0.15, 0.2) is 10.2 Å². The summed E-state index contributed by atoms with van der Waals surface area (Å²) in [5.41, 5.74) is -0.978. The van der Waals surface area contributed by atoms with Crippen molar-refractivity contribution in [2.45, 2.75) is 17.4 Å². The Balaban J connectivity index is 1.96. The summed E-state index contributed by atoms with van der Waals surface area (Å²) >= 11 is 8.20. The molecule has 0 bridgehead atoms. The van der Waals surface area contributed by atoms with Crippen molar-refractivity contribution in [3.63, 3.8) is 0 Å². The monoisotopic (exact) mass is 368 g/mol. The number of hydrogen-bond acceptors (Lipinski definition) is 6. The van der Waals surface area contributed by atoms with E-state index in [1.165, 1.54) is 11.3 Å². The molecule has 0 atom stereocenters. The Kier molecular flexibility index (Phi) is 5.24. The summed E-state index contributed by atoms with van der Waals surface area (Å²) in [6.07, 6.45) is -3.92. The molecular weight excluding hydrogens is 361 g/mol. The van der Waals surface area contributed by atoms with Crippen LogP contribution in [0, 0.1) is 6.92 Å². The molecule has 1 N–H and O–H groups in total. The lowest BCUT2D eigenvalue weighted by atomic mass is 10.3. The highest BCUT2D eigenvalue weighted by Gasteiger charge is 2.31. The van der Waals surface area contributed by atoms with Crippen LogP contribution >= 0.6 is 34.7 Å². The van der Waals surface area contributed by atoms with Gasteiger partial charge >= 0.3 is 6.18 Å².